The molecular formula is C16H14F3NO2S. The molecule has 0 aliphatic rings. The summed E-state index contributed by atoms with van der Waals surface area (Å²) in [5, 5.41) is 2.28. The van der Waals surface area contributed by atoms with Crippen LogP contribution in [0.15, 0.2) is 47.4 Å². The van der Waals surface area contributed by atoms with Gasteiger partial charge in [0.25, 0.3) is 0 Å². The molecule has 0 saturated heterocycles. The number of alkyl halides is 3. The SMILES string of the molecule is CSc1ccc(OC(=O)Nc2cccc(C(F)(F)F)c2)cc1C. The van der Waals surface area contributed by atoms with Crippen molar-refractivity contribution in [1.29, 1.82) is 0 Å². The summed E-state index contributed by atoms with van der Waals surface area (Å²) in [6.45, 7) is 1.88. The first-order valence-electron chi connectivity index (χ1n) is 6.60. The number of carbonyl (C=O) groups excluding carboxylic acids is 1. The van der Waals surface area contributed by atoms with E-state index < -0.39 is 17.8 Å². The minimum absolute atomic E-state index is 0.0160. The lowest BCUT2D eigenvalue weighted by atomic mass is 10.2. The number of anilines is 1. The van der Waals surface area contributed by atoms with Gasteiger partial charge in [-0.3, -0.25) is 5.32 Å². The number of benzene rings is 2. The molecule has 0 bridgehead atoms. The number of ether oxygens (including phenoxy) is 1. The van der Waals surface area contributed by atoms with Crippen molar-refractivity contribution in [3.05, 3.63) is 53.6 Å². The van der Waals surface area contributed by atoms with Crippen LogP contribution in [0.2, 0.25) is 0 Å². The summed E-state index contributed by atoms with van der Waals surface area (Å²) in [5.74, 6) is 0.324. The lowest BCUT2D eigenvalue weighted by Crippen LogP contribution is -2.17. The molecule has 122 valence electrons. The van der Waals surface area contributed by atoms with Crippen molar-refractivity contribution in [2.45, 2.75) is 18.0 Å². The second-order valence-electron chi connectivity index (χ2n) is 4.72. The van der Waals surface area contributed by atoms with Crippen LogP contribution in [0.25, 0.3) is 0 Å². The van der Waals surface area contributed by atoms with Crippen LogP contribution in [0.4, 0.5) is 23.7 Å². The first-order valence-corrected chi connectivity index (χ1v) is 7.83. The molecule has 2 aromatic carbocycles. The molecule has 0 unspecified atom stereocenters. The second kappa shape index (κ2) is 6.95. The molecule has 1 amide bonds. The van der Waals surface area contributed by atoms with Crippen LogP contribution in [-0.2, 0) is 6.18 Å². The smallest absolute Gasteiger partial charge is 0.410 e. The van der Waals surface area contributed by atoms with Crippen molar-refractivity contribution >= 4 is 23.5 Å². The van der Waals surface area contributed by atoms with Crippen molar-refractivity contribution in [3.63, 3.8) is 0 Å². The van der Waals surface area contributed by atoms with Crippen molar-refractivity contribution < 1.29 is 22.7 Å². The number of hydrogen-bond acceptors (Lipinski definition) is 3. The van der Waals surface area contributed by atoms with Gasteiger partial charge in [0.15, 0.2) is 0 Å². The van der Waals surface area contributed by atoms with Gasteiger partial charge in [-0.05, 0) is 55.1 Å². The zero-order valence-electron chi connectivity index (χ0n) is 12.4. The largest absolute Gasteiger partial charge is 0.417 e. The van der Waals surface area contributed by atoms with E-state index >= 15 is 0 Å². The van der Waals surface area contributed by atoms with Gasteiger partial charge in [0.05, 0.1) is 5.56 Å². The van der Waals surface area contributed by atoms with Gasteiger partial charge in [0, 0.05) is 10.6 Å². The topological polar surface area (TPSA) is 38.3 Å². The molecule has 7 heteroatoms. The van der Waals surface area contributed by atoms with E-state index in [4.69, 9.17) is 4.74 Å². The fourth-order valence-corrected chi connectivity index (χ4v) is 2.52. The molecule has 0 saturated carbocycles. The zero-order valence-corrected chi connectivity index (χ0v) is 13.2. The molecular weight excluding hydrogens is 327 g/mol. The van der Waals surface area contributed by atoms with Gasteiger partial charge >= 0.3 is 12.3 Å². The summed E-state index contributed by atoms with van der Waals surface area (Å²) in [4.78, 5) is 12.8. The number of nitrogens with one attached hydrogen (secondary N) is 1. The zero-order chi connectivity index (χ0) is 17.0. The molecule has 0 fully saturated rings. The molecule has 23 heavy (non-hydrogen) atoms. The average molecular weight is 341 g/mol. The fraction of sp³-hybridized carbons (Fsp3) is 0.188. The Kier molecular flexibility index (Phi) is 5.20. The van der Waals surface area contributed by atoms with Crippen LogP contribution >= 0.6 is 11.8 Å². The third-order valence-corrected chi connectivity index (χ3v) is 3.91. The Hall–Kier alpha value is -2.15. The maximum absolute atomic E-state index is 12.6. The standard InChI is InChI=1S/C16H14F3NO2S/c1-10-8-13(6-7-14(10)23-2)22-15(21)20-12-5-3-4-11(9-12)16(17,18)19/h3-9H,1-2H3,(H,20,21). The Bertz CT molecular complexity index is 717. The fourth-order valence-electron chi connectivity index (χ4n) is 1.94. The third kappa shape index (κ3) is 4.66. The predicted molar refractivity (Wildman–Crippen MR) is 84.1 cm³/mol. The monoisotopic (exact) mass is 341 g/mol. The van der Waals surface area contributed by atoms with Gasteiger partial charge in [-0.1, -0.05) is 6.07 Å². The van der Waals surface area contributed by atoms with E-state index in [0.717, 1.165) is 22.6 Å². The van der Waals surface area contributed by atoms with E-state index in [1.165, 1.54) is 12.1 Å². The highest BCUT2D eigenvalue weighted by Crippen LogP contribution is 2.30. The molecule has 2 aromatic rings. The van der Waals surface area contributed by atoms with Crippen molar-refractivity contribution in [1.82, 2.24) is 0 Å². The summed E-state index contributed by atoms with van der Waals surface area (Å²) in [6, 6.07) is 9.49. The number of aryl methyl sites for hydroxylation is 1. The van der Waals surface area contributed by atoms with Gasteiger partial charge in [0.2, 0.25) is 0 Å². The summed E-state index contributed by atoms with van der Waals surface area (Å²) >= 11 is 1.57. The predicted octanol–water partition coefficient (Wildman–Crippen LogP) is 5.35. The highest BCUT2D eigenvalue weighted by molar-refractivity contribution is 7.98. The Morgan fingerprint density at radius 3 is 2.52 bits per heavy atom. The minimum Gasteiger partial charge on any atom is -0.410 e. The van der Waals surface area contributed by atoms with E-state index in [1.54, 1.807) is 23.9 Å². The Morgan fingerprint density at radius 1 is 1.17 bits per heavy atom. The van der Waals surface area contributed by atoms with Gasteiger partial charge < -0.3 is 4.74 Å². The number of rotatable bonds is 3. The molecule has 2 rings (SSSR count). The molecule has 0 aromatic heterocycles. The molecule has 0 aliphatic carbocycles. The highest BCUT2D eigenvalue weighted by Gasteiger charge is 2.30. The van der Waals surface area contributed by atoms with Crippen molar-refractivity contribution in [3.8, 4) is 5.75 Å². The molecule has 0 heterocycles. The lowest BCUT2D eigenvalue weighted by Gasteiger charge is -2.11. The minimum atomic E-state index is -4.47. The van der Waals surface area contributed by atoms with Crippen LogP contribution in [0.3, 0.4) is 0 Å². The van der Waals surface area contributed by atoms with Crippen molar-refractivity contribution in [2.75, 3.05) is 11.6 Å². The van der Waals surface area contributed by atoms with E-state index in [9.17, 15) is 18.0 Å². The van der Waals surface area contributed by atoms with Crippen LogP contribution < -0.4 is 10.1 Å². The van der Waals surface area contributed by atoms with E-state index in [2.05, 4.69) is 5.32 Å². The van der Waals surface area contributed by atoms with E-state index in [0.29, 0.717) is 5.75 Å². The van der Waals surface area contributed by atoms with Crippen LogP contribution in [0.5, 0.6) is 5.75 Å². The molecule has 3 nitrogen and oxygen atoms in total. The number of hydrogen-bond donors (Lipinski definition) is 1. The van der Waals surface area contributed by atoms with Crippen molar-refractivity contribution in [2.24, 2.45) is 0 Å². The second-order valence-corrected chi connectivity index (χ2v) is 5.57. The number of halogens is 3. The number of amides is 1. The first kappa shape index (κ1) is 17.2. The Labute approximate surface area is 135 Å². The molecule has 0 spiro atoms. The lowest BCUT2D eigenvalue weighted by molar-refractivity contribution is -0.137. The average Bonchev–Trinajstić information content (AvgIpc) is 2.46. The number of carbonyl (C=O) groups is 1. The Morgan fingerprint density at radius 2 is 1.91 bits per heavy atom. The van der Waals surface area contributed by atoms with Gasteiger partial charge in [-0.15, -0.1) is 11.8 Å². The van der Waals surface area contributed by atoms with Crippen LogP contribution in [0.1, 0.15) is 11.1 Å². The quantitative estimate of drug-likeness (QED) is 0.765. The molecule has 1 N–H and O–H groups in total. The van der Waals surface area contributed by atoms with Gasteiger partial charge in [-0.25, -0.2) is 4.79 Å². The maximum Gasteiger partial charge on any atom is 0.417 e. The molecule has 0 aliphatic heterocycles. The summed E-state index contributed by atoms with van der Waals surface area (Å²) in [5.41, 5.74) is 0.125. The van der Waals surface area contributed by atoms with E-state index in [-0.39, 0.29) is 5.69 Å². The normalized spacial score (nSPS) is 11.2. The van der Waals surface area contributed by atoms with E-state index in [1.807, 2.05) is 19.2 Å². The first-order chi connectivity index (χ1) is 10.8. The summed E-state index contributed by atoms with van der Waals surface area (Å²) in [7, 11) is 0. The van der Waals surface area contributed by atoms with Crippen LogP contribution in [0, 0.1) is 6.92 Å². The third-order valence-electron chi connectivity index (χ3n) is 3.01. The Balaban J connectivity index is 2.07. The number of thioether (sulfide) groups is 1. The summed E-state index contributed by atoms with van der Waals surface area (Å²) < 4.78 is 42.9. The molecule has 0 atom stereocenters. The molecule has 0 radical (unpaired) electrons. The maximum atomic E-state index is 12.6. The van der Waals surface area contributed by atoms with Crippen LogP contribution in [-0.4, -0.2) is 12.3 Å². The van der Waals surface area contributed by atoms with Gasteiger partial charge in [0.1, 0.15) is 5.75 Å². The highest BCUT2D eigenvalue weighted by atomic mass is 32.2. The van der Waals surface area contributed by atoms with Gasteiger partial charge in [-0.2, -0.15) is 13.2 Å². The summed E-state index contributed by atoms with van der Waals surface area (Å²) in [6.07, 6.45) is -3.38.